The van der Waals surface area contributed by atoms with Gasteiger partial charge in [-0.2, -0.15) is 0 Å². The van der Waals surface area contributed by atoms with Crippen LogP contribution in [-0.4, -0.2) is 25.8 Å². The van der Waals surface area contributed by atoms with E-state index in [1.165, 1.54) is 7.11 Å². The molecule has 0 radical (unpaired) electrons. The first-order valence-corrected chi connectivity index (χ1v) is 7.98. The lowest BCUT2D eigenvalue weighted by Crippen LogP contribution is -2.16. The summed E-state index contributed by atoms with van der Waals surface area (Å²) in [4.78, 5) is 24.9. The summed E-state index contributed by atoms with van der Waals surface area (Å²) in [6.07, 6.45) is 0. The second-order valence-electron chi connectivity index (χ2n) is 5.73. The molecule has 0 aromatic heterocycles. The molecule has 26 heavy (non-hydrogen) atoms. The molecule has 130 valence electrons. The van der Waals surface area contributed by atoms with Gasteiger partial charge in [0.2, 0.25) is 6.79 Å². The van der Waals surface area contributed by atoms with Gasteiger partial charge in [0.1, 0.15) is 0 Å². The van der Waals surface area contributed by atoms with Crippen LogP contribution in [0.4, 0.5) is 5.69 Å². The van der Waals surface area contributed by atoms with Crippen LogP contribution in [0.15, 0.2) is 54.6 Å². The monoisotopic (exact) mass is 349 g/mol. The van der Waals surface area contributed by atoms with E-state index in [1.807, 2.05) is 24.3 Å². The summed E-state index contributed by atoms with van der Waals surface area (Å²) in [7, 11) is 1.30. The number of hydrogen-bond donors (Lipinski definition) is 1. The van der Waals surface area contributed by atoms with Gasteiger partial charge >= 0.3 is 5.97 Å². The third-order valence-electron chi connectivity index (χ3n) is 4.18. The lowest BCUT2D eigenvalue weighted by molar-refractivity contribution is 0.0602. The molecule has 4 rings (SSSR count). The van der Waals surface area contributed by atoms with Crippen molar-refractivity contribution in [1.82, 2.24) is 0 Å². The van der Waals surface area contributed by atoms with Crippen molar-refractivity contribution in [1.29, 1.82) is 0 Å². The van der Waals surface area contributed by atoms with Gasteiger partial charge in [0, 0.05) is 0 Å². The molecule has 1 N–H and O–H groups in total. The number of carbonyl (C=O) groups excluding carboxylic acids is 2. The summed E-state index contributed by atoms with van der Waals surface area (Å²) in [6, 6.07) is 16.1. The Hall–Kier alpha value is -3.54. The van der Waals surface area contributed by atoms with Gasteiger partial charge < -0.3 is 19.5 Å². The predicted octanol–water partition coefficient (Wildman–Crippen LogP) is 3.61. The second-order valence-corrected chi connectivity index (χ2v) is 5.73. The lowest BCUT2D eigenvalue weighted by Gasteiger charge is -2.12. The number of para-hydroxylation sites is 1. The second kappa shape index (κ2) is 6.40. The summed E-state index contributed by atoms with van der Waals surface area (Å²) < 4.78 is 15.5. The molecule has 3 aromatic carbocycles. The van der Waals surface area contributed by atoms with E-state index >= 15 is 0 Å². The van der Waals surface area contributed by atoms with Gasteiger partial charge in [0.25, 0.3) is 5.91 Å². The van der Waals surface area contributed by atoms with Crippen molar-refractivity contribution in [3.8, 4) is 11.5 Å². The summed E-state index contributed by atoms with van der Waals surface area (Å²) in [5, 5.41) is 4.56. The zero-order valence-corrected chi connectivity index (χ0v) is 13.9. The highest BCUT2D eigenvalue weighted by molar-refractivity contribution is 6.11. The summed E-state index contributed by atoms with van der Waals surface area (Å²) in [5.74, 6) is -0.00790. The van der Waals surface area contributed by atoms with Crippen molar-refractivity contribution in [2.75, 3.05) is 19.2 Å². The van der Waals surface area contributed by atoms with E-state index in [4.69, 9.17) is 14.2 Å². The molecule has 0 fully saturated rings. The Bertz CT molecular complexity index is 1030. The highest BCUT2D eigenvalue weighted by Gasteiger charge is 2.23. The number of carbonyl (C=O) groups is 2. The summed E-state index contributed by atoms with van der Waals surface area (Å²) in [5.41, 5.74) is 0.991. The number of methoxy groups -OCH3 is 1. The van der Waals surface area contributed by atoms with E-state index in [-0.39, 0.29) is 12.4 Å². The van der Waals surface area contributed by atoms with Crippen LogP contribution in [0, 0.1) is 0 Å². The van der Waals surface area contributed by atoms with Crippen molar-refractivity contribution in [3.05, 3.63) is 65.7 Å². The molecule has 1 amide bonds. The van der Waals surface area contributed by atoms with E-state index in [9.17, 15) is 9.59 Å². The molecule has 0 unspecified atom stereocenters. The number of rotatable bonds is 3. The van der Waals surface area contributed by atoms with Crippen molar-refractivity contribution in [2.45, 2.75) is 0 Å². The fourth-order valence-corrected chi connectivity index (χ4v) is 2.92. The molecule has 3 aromatic rings. The fourth-order valence-electron chi connectivity index (χ4n) is 2.92. The zero-order valence-electron chi connectivity index (χ0n) is 13.9. The van der Waals surface area contributed by atoms with E-state index in [2.05, 4.69) is 5.32 Å². The van der Waals surface area contributed by atoms with Gasteiger partial charge in [-0.3, -0.25) is 4.79 Å². The van der Waals surface area contributed by atoms with E-state index in [0.29, 0.717) is 22.7 Å². The number of fused-ring (bicyclic) bond motifs is 2. The highest BCUT2D eigenvalue weighted by atomic mass is 16.7. The SMILES string of the molecule is COC(=O)c1cc2ccccc2cc1NC(=O)c1cccc2c1OCO2. The number of nitrogens with one attached hydrogen (secondary N) is 1. The molecule has 1 heterocycles. The first-order chi connectivity index (χ1) is 12.7. The minimum Gasteiger partial charge on any atom is -0.465 e. The Kier molecular flexibility index (Phi) is 3.93. The molecular weight excluding hydrogens is 334 g/mol. The van der Waals surface area contributed by atoms with Crippen molar-refractivity contribution < 1.29 is 23.8 Å². The average molecular weight is 349 g/mol. The standard InChI is InChI=1S/C20H15NO5/c1-24-20(23)15-9-12-5-2-3-6-13(12)10-16(15)21-19(22)14-7-4-8-17-18(14)26-11-25-17/h2-10H,11H2,1H3,(H,21,22). The minimum absolute atomic E-state index is 0.0724. The molecule has 0 bridgehead atoms. The van der Waals surface area contributed by atoms with Gasteiger partial charge in [-0.05, 0) is 35.0 Å². The third kappa shape index (κ3) is 2.71. The number of anilines is 1. The van der Waals surface area contributed by atoms with Gasteiger partial charge in [-0.1, -0.05) is 30.3 Å². The van der Waals surface area contributed by atoms with Crippen molar-refractivity contribution in [3.63, 3.8) is 0 Å². The van der Waals surface area contributed by atoms with Crippen LogP contribution in [0.3, 0.4) is 0 Å². The Balaban J connectivity index is 1.75. The molecule has 0 saturated carbocycles. The van der Waals surface area contributed by atoms with Crippen LogP contribution in [-0.2, 0) is 4.74 Å². The number of ether oxygens (including phenoxy) is 3. The Labute approximate surface area is 149 Å². The molecule has 0 atom stereocenters. The van der Waals surface area contributed by atoms with Crippen LogP contribution >= 0.6 is 0 Å². The maximum Gasteiger partial charge on any atom is 0.339 e. The maximum absolute atomic E-state index is 12.8. The van der Waals surface area contributed by atoms with Gasteiger partial charge in [-0.15, -0.1) is 0 Å². The first kappa shape index (κ1) is 16.0. The van der Waals surface area contributed by atoms with E-state index < -0.39 is 11.9 Å². The molecule has 0 spiro atoms. The van der Waals surface area contributed by atoms with Crippen LogP contribution in [0.2, 0.25) is 0 Å². The van der Waals surface area contributed by atoms with Crippen LogP contribution in [0.25, 0.3) is 10.8 Å². The van der Waals surface area contributed by atoms with Gasteiger partial charge in [0.05, 0.1) is 23.9 Å². The largest absolute Gasteiger partial charge is 0.465 e. The topological polar surface area (TPSA) is 73.9 Å². The van der Waals surface area contributed by atoms with Gasteiger partial charge in [0.15, 0.2) is 11.5 Å². The van der Waals surface area contributed by atoms with Crippen molar-refractivity contribution in [2.24, 2.45) is 0 Å². The number of esters is 1. The minimum atomic E-state index is -0.524. The Morgan fingerprint density at radius 2 is 1.73 bits per heavy atom. The Morgan fingerprint density at radius 1 is 0.962 bits per heavy atom. The number of hydrogen-bond acceptors (Lipinski definition) is 5. The number of benzene rings is 3. The summed E-state index contributed by atoms with van der Waals surface area (Å²) >= 11 is 0. The first-order valence-electron chi connectivity index (χ1n) is 7.98. The smallest absolute Gasteiger partial charge is 0.339 e. The molecule has 0 aliphatic carbocycles. The van der Waals surface area contributed by atoms with Crippen LogP contribution in [0.1, 0.15) is 20.7 Å². The quantitative estimate of drug-likeness (QED) is 0.731. The van der Waals surface area contributed by atoms with Crippen LogP contribution in [0.5, 0.6) is 11.5 Å². The van der Waals surface area contributed by atoms with E-state index in [1.54, 1.807) is 30.3 Å². The van der Waals surface area contributed by atoms with Crippen molar-refractivity contribution >= 4 is 28.3 Å². The number of amides is 1. The molecule has 0 saturated heterocycles. The lowest BCUT2D eigenvalue weighted by atomic mass is 10.0. The summed E-state index contributed by atoms with van der Waals surface area (Å²) in [6.45, 7) is 0.0724. The zero-order chi connectivity index (χ0) is 18.1. The fraction of sp³-hybridized carbons (Fsp3) is 0.100. The molecular formula is C20H15NO5. The van der Waals surface area contributed by atoms with Gasteiger partial charge in [-0.25, -0.2) is 4.79 Å². The van der Waals surface area contributed by atoms with E-state index in [0.717, 1.165) is 10.8 Å². The predicted molar refractivity (Wildman–Crippen MR) is 95.8 cm³/mol. The average Bonchev–Trinajstić information content (AvgIpc) is 3.15. The highest BCUT2D eigenvalue weighted by Crippen LogP contribution is 2.36. The van der Waals surface area contributed by atoms with Crippen LogP contribution < -0.4 is 14.8 Å². The normalized spacial score (nSPS) is 12.0. The third-order valence-corrected chi connectivity index (χ3v) is 4.18. The molecule has 1 aliphatic heterocycles. The maximum atomic E-state index is 12.8. The molecule has 6 heteroatoms. The molecule has 6 nitrogen and oxygen atoms in total. The Morgan fingerprint density at radius 3 is 2.50 bits per heavy atom. The molecule has 1 aliphatic rings.